The van der Waals surface area contributed by atoms with Crippen LogP contribution in [0.2, 0.25) is 0 Å². The van der Waals surface area contributed by atoms with Crippen LogP contribution in [-0.2, 0) is 0 Å². The Balaban J connectivity index is 0.00000216. The molecule has 2 fully saturated rings. The SMILES string of the molecule is Cc1cnn(-c2cnc(-c3nc4sc(N(C)C5C[C@H]6CC[C@@H](C5)N6)nc4s3)c(O)c2)c1.Cl. The van der Waals surface area contributed by atoms with Crippen molar-refractivity contribution in [1.82, 2.24) is 30.0 Å². The Morgan fingerprint density at radius 1 is 1.12 bits per heavy atom. The minimum absolute atomic E-state index is 0. The lowest BCUT2D eigenvalue weighted by molar-refractivity contribution is 0.354. The molecular formula is C21H24ClN7OS2. The van der Waals surface area contributed by atoms with Gasteiger partial charge in [-0.25, -0.2) is 19.6 Å². The third kappa shape index (κ3) is 3.75. The number of fused-ring (bicyclic) bond motifs is 3. The number of hydrogen-bond donors (Lipinski definition) is 2. The number of aryl methyl sites for hydroxylation is 1. The highest BCUT2D eigenvalue weighted by Gasteiger charge is 2.36. The van der Waals surface area contributed by atoms with E-state index in [2.05, 4.69) is 27.3 Å². The molecule has 6 heterocycles. The molecule has 0 saturated carbocycles. The Morgan fingerprint density at radius 2 is 1.88 bits per heavy atom. The molecule has 2 aliphatic heterocycles. The number of hydrogen-bond acceptors (Lipinski definition) is 9. The predicted molar refractivity (Wildman–Crippen MR) is 131 cm³/mol. The van der Waals surface area contributed by atoms with E-state index >= 15 is 0 Å². The topological polar surface area (TPSA) is 92.0 Å². The van der Waals surface area contributed by atoms with Gasteiger partial charge < -0.3 is 15.3 Å². The number of thiazole rings is 2. The molecule has 4 aromatic rings. The molecule has 2 N–H and O–H groups in total. The molecule has 11 heteroatoms. The highest BCUT2D eigenvalue weighted by Crippen LogP contribution is 2.40. The zero-order chi connectivity index (χ0) is 21.1. The van der Waals surface area contributed by atoms with Crippen LogP contribution in [-0.4, -0.2) is 55.0 Å². The summed E-state index contributed by atoms with van der Waals surface area (Å²) in [4.78, 5) is 18.2. The fourth-order valence-electron chi connectivity index (χ4n) is 4.67. The van der Waals surface area contributed by atoms with Crippen LogP contribution in [0.15, 0.2) is 24.7 Å². The van der Waals surface area contributed by atoms with Gasteiger partial charge >= 0.3 is 0 Å². The maximum absolute atomic E-state index is 10.6. The number of nitrogens with zero attached hydrogens (tertiary/aromatic N) is 6. The molecule has 2 saturated heterocycles. The first-order valence-corrected chi connectivity index (χ1v) is 12.1. The average Bonchev–Trinajstić information content (AvgIpc) is 3.51. The van der Waals surface area contributed by atoms with Crippen molar-refractivity contribution in [2.24, 2.45) is 0 Å². The van der Waals surface area contributed by atoms with Crippen LogP contribution < -0.4 is 10.2 Å². The van der Waals surface area contributed by atoms with Crippen LogP contribution in [0, 0.1) is 6.92 Å². The zero-order valence-electron chi connectivity index (χ0n) is 17.7. The third-order valence-electron chi connectivity index (χ3n) is 6.29. The fraction of sp³-hybridized carbons (Fsp3) is 0.429. The van der Waals surface area contributed by atoms with Crippen LogP contribution >= 0.6 is 35.1 Å². The number of aromatic hydroxyl groups is 1. The molecule has 168 valence electrons. The minimum Gasteiger partial charge on any atom is -0.505 e. The maximum atomic E-state index is 10.6. The molecular weight excluding hydrogens is 466 g/mol. The van der Waals surface area contributed by atoms with Crippen LogP contribution in [0.1, 0.15) is 31.2 Å². The van der Waals surface area contributed by atoms with Gasteiger partial charge in [0.2, 0.25) is 0 Å². The van der Waals surface area contributed by atoms with Gasteiger partial charge in [0.05, 0.1) is 18.1 Å². The van der Waals surface area contributed by atoms with Gasteiger partial charge in [-0.1, -0.05) is 22.7 Å². The summed E-state index contributed by atoms with van der Waals surface area (Å²) in [7, 11) is 2.15. The van der Waals surface area contributed by atoms with E-state index in [1.54, 1.807) is 34.5 Å². The van der Waals surface area contributed by atoms with E-state index in [1.807, 2.05) is 13.1 Å². The smallest absolute Gasteiger partial charge is 0.188 e. The average molecular weight is 490 g/mol. The number of halogens is 1. The Labute approximate surface area is 199 Å². The Kier molecular flexibility index (Phi) is 5.56. The second-order valence-electron chi connectivity index (χ2n) is 8.52. The number of pyridine rings is 1. The molecule has 4 aromatic heterocycles. The number of rotatable bonds is 4. The molecule has 6 rings (SSSR count). The van der Waals surface area contributed by atoms with Gasteiger partial charge in [0.25, 0.3) is 0 Å². The lowest BCUT2D eigenvalue weighted by Gasteiger charge is -2.35. The molecule has 0 spiro atoms. The lowest BCUT2D eigenvalue weighted by atomic mass is 9.99. The summed E-state index contributed by atoms with van der Waals surface area (Å²) < 4.78 is 1.70. The molecule has 2 bridgehead atoms. The molecule has 8 nitrogen and oxygen atoms in total. The van der Waals surface area contributed by atoms with Gasteiger partial charge in [-0.05, 0) is 38.2 Å². The van der Waals surface area contributed by atoms with Crippen LogP contribution in [0.3, 0.4) is 0 Å². The molecule has 1 unspecified atom stereocenters. The highest BCUT2D eigenvalue weighted by molar-refractivity contribution is 7.29. The van der Waals surface area contributed by atoms with Crippen molar-refractivity contribution in [3.63, 3.8) is 0 Å². The second kappa shape index (κ2) is 8.26. The summed E-state index contributed by atoms with van der Waals surface area (Å²) in [6, 6.07) is 3.50. The van der Waals surface area contributed by atoms with Gasteiger partial charge in [0, 0.05) is 37.4 Å². The normalized spacial score (nSPS) is 22.2. The van der Waals surface area contributed by atoms with Crippen molar-refractivity contribution in [3.05, 3.63) is 30.2 Å². The van der Waals surface area contributed by atoms with Crippen molar-refractivity contribution in [2.75, 3.05) is 11.9 Å². The first-order valence-electron chi connectivity index (χ1n) is 10.5. The summed E-state index contributed by atoms with van der Waals surface area (Å²) in [5, 5.41) is 20.3. The number of nitrogens with one attached hydrogen (secondary N) is 1. The van der Waals surface area contributed by atoms with Crippen molar-refractivity contribution >= 4 is 49.9 Å². The van der Waals surface area contributed by atoms with E-state index in [9.17, 15) is 5.11 Å². The number of aromatic nitrogens is 5. The number of anilines is 1. The second-order valence-corrected chi connectivity index (χ2v) is 10.5. The zero-order valence-corrected chi connectivity index (χ0v) is 20.2. The fourth-order valence-corrected chi connectivity index (χ4v) is 6.75. The first-order chi connectivity index (χ1) is 15.0. The summed E-state index contributed by atoms with van der Waals surface area (Å²) in [6.07, 6.45) is 10.3. The Morgan fingerprint density at radius 3 is 2.53 bits per heavy atom. The van der Waals surface area contributed by atoms with Crippen molar-refractivity contribution in [3.8, 4) is 22.1 Å². The molecule has 0 amide bonds. The third-order valence-corrected chi connectivity index (χ3v) is 8.42. The van der Waals surface area contributed by atoms with Crippen LogP contribution in [0.4, 0.5) is 5.13 Å². The summed E-state index contributed by atoms with van der Waals surface area (Å²) in [6.45, 7) is 1.97. The van der Waals surface area contributed by atoms with Crippen molar-refractivity contribution in [2.45, 2.75) is 50.7 Å². The highest BCUT2D eigenvalue weighted by atomic mass is 35.5. The molecule has 0 radical (unpaired) electrons. The quantitative estimate of drug-likeness (QED) is 0.444. The molecule has 2 aliphatic rings. The number of piperidine rings is 1. The van der Waals surface area contributed by atoms with Gasteiger partial charge in [-0.15, -0.1) is 12.4 Å². The van der Waals surface area contributed by atoms with E-state index in [-0.39, 0.29) is 18.2 Å². The summed E-state index contributed by atoms with van der Waals surface area (Å²) in [5.41, 5.74) is 2.24. The van der Waals surface area contributed by atoms with E-state index in [4.69, 9.17) is 9.97 Å². The van der Waals surface area contributed by atoms with Gasteiger partial charge in [-0.2, -0.15) is 5.10 Å². The molecule has 32 heavy (non-hydrogen) atoms. The largest absolute Gasteiger partial charge is 0.505 e. The standard InChI is InChI=1S/C21H23N7OS2.ClH/c1-11-8-23-28(10-11)15-7-16(29)17(22-9-15)18-25-19-20(30-18)26-21(31-19)27(2)14-5-12-3-4-13(6-14)24-12;/h7-10,12-14,24,29H,3-6H2,1-2H3;1H/t12-,13+,14?;. The van der Waals surface area contributed by atoms with E-state index in [0.717, 1.165) is 20.4 Å². The Hall–Kier alpha value is -2.27. The maximum Gasteiger partial charge on any atom is 0.188 e. The molecule has 0 aliphatic carbocycles. The van der Waals surface area contributed by atoms with E-state index < -0.39 is 0 Å². The predicted octanol–water partition coefficient (Wildman–Crippen LogP) is 4.16. The first kappa shape index (κ1) is 21.6. The monoisotopic (exact) mass is 489 g/mol. The minimum atomic E-state index is 0. The molecule has 3 atom stereocenters. The van der Waals surface area contributed by atoms with Gasteiger partial charge in [0.1, 0.15) is 16.5 Å². The summed E-state index contributed by atoms with van der Waals surface area (Å²) in [5.74, 6) is 0.0922. The molecule has 0 aromatic carbocycles. The van der Waals surface area contributed by atoms with Crippen LogP contribution in [0.25, 0.3) is 26.0 Å². The van der Waals surface area contributed by atoms with Gasteiger partial charge in [-0.3, -0.25) is 0 Å². The van der Waals surface area contributed by atoms with E-state index in [1.165, 1.54) is 37.0 Å². The van der Waals surface area contributed by atoms with Crippen molar-refractivity contribution < 1.29 is 5.11 Å². The van der Waals surface area contributed by atoms with Gasteiger partial charge in [0.15, 0.2) is 14.8 Å². The summed E-state index contributed by atoms with van der Waals surface area (Å²) >= 11 is 3.09. The lowest BCUT2D eigenvalue weighted by Crippen LogP contribution is -2.47. The van der Waals surface area contributed by atoms with Crippen LogP contribution in [0.5, 0.6) is 5.75 Å². The Bertz CT molecular complexity index is 1220. The van der Waals surface area contributed by atoms with E-state index in [0.29, 0.717) is 34.5 Å². The van der Waals surface area contributed by atoms with Crippen molar-refractivity contribution in [1.29, 1.82) is 0 Å².